The molecule has 5 rings (SSSR count). The molecule has 2 amide bonds. The number of aromatic nitrogens is 2. The Balaban J connectivity index is 1.28. The molecule has 0 radical (unpaired) electrons. The Hall–Kier alpha value is -3.19. The van der Waals surface area contributed by atoms with Gasteiger partial charge in [-0.2, -0.15) is 4.98 Å². The molecular formula is C22H19ClN4O3. The molecule has 0 unspecified atom stereocenters. The summed E-state index contributed by atoms with van der Waals surface area (Å²) in [6.45, 7) is 0.320. The van der Waals surface area contributed by atoms with E-state index in [1.54, 1.807) is 29.2 Å². The lowest BCUT2D eigenvalue weighted by Crippen LogP contribution is -2.28. The Kier molecular flexibility index (Phi) is 4.75. The lowest BCUT2D eigenvalue weighted by atomic mass is 10.1. The van der Waals surface area contributed by atoms with Crippen LogP contribution in [0.1, 0.15) is 31.1 Å². The van der Waals surface area contributed by atoms with E-state index in [4.69, 9.17) is 16.1 Å². The van der Waals surface area contributed by atoms with Crippen LogP contribution in [0.5, 0.6) is 0 Å². The van der Waals surface area contributed by atoms with Gasteiger partial charge in [-0.25, -0.2) is 0 Å². The summed E-state index contributed by atoms with van der Waals surface area (Å²) in [7, 11) is 0. The van der Waals surface area contributed by atoms with Crippen molar-refractivity contribution in [1.29, 1.82) is 0 Å². The van der Waals surface area contributed by atoms with E-state index in [1.807, 2.05) is 24.3 Å². The van der Waals surface area contributed by atoms with E-state index < -0.39 is 5.92 Å². The van der Waals surface area contributed by atoms with Crippen LogP contribution in [-0.4, -0.2) is 28.5 Å². The van der Waals surface area contributed by atoms with Crippen LogP contribution in [0.25, 0.3) is 11.4 Å². The monoisotopic (exact) mass is 422 g/mol. The first-order valence-corrected chi connectivity index (χ1v) is 10.3. The second-order valence-electron chi connectivity index (χ2n) is 7.69. The van der Waals surface area contributed by atoms with Gasteiger partial charge in [-0.05, 0) is 43.2 Å². The Labute approximate surface area is 178 Å². The Morgan fingerprint density at radius 2 is 2.00 bits per heavy atom. The van der Waals surface area contributed by atoms with Crippen LogP contribution in [0.4, 0.5) is 11.4 Å². The number of hydrogen-bond donors (Lipinski definition) is 1. The van der Waals surface area contributed by atoms with E-state index in [1.165, 1.54) is 0 Å². The number of carbonyl (C=O) groups is 2. The number of nitrogens with one attached hydrogen (secondary N) is 1. The average Bonchev–Trinajstić information content (AvgIpc) is 3.33. The van der Waals surface area contributed by atoms with Crippen LogP contribution in [0.15, 0.2) is 53.1 Å². The second-order valence-corrected chi connectivity index (χ2v) is 8.12. The molecular weight excluding hydrogens is 404 g/mol. The minimum absolute atomic E-state index is 0.0921. The third-order valence-electron chi connectivity index (χ3n) is 5.37. The SMILES string of the molecule is O=C(Nc1cccc(-c2noc(C3CC3)n2)c1)[C@H]1CC(=O)N(c2cccc(Cl)c2)C1. The lowest BCUT2D eigenvalue weighted by molar-refractivity contribution is -0.122. The van der Waals surface area contributed by atoms with Gasteiger partial charge < -0.3 is 14.7 Å². The predicted molar refractivity (Wildman–Crippen MR) is 112 cm³/mol. The summed E-state index contributed by atoms with van der Waals surface area (Å²) in [5.74, 6) is 0.840. The van der Waals surface area contributed by atoms with E-state index >= 15 is 0 Å². The molecule has 1 saturated carbocycles. The Morgan fingerprint density at radius 1 is 1.17 bits per heavy atom. The summed E-state index contributed by atoms with van der Waals surface area (Å²) < 4.78 is 5.32. The molecule has 152 valence electrons. The molecule has 1 aromatic heterocycles. The molecule has 30 heavy (non-hydrogen) atoms. The maximum absolute atomic E-state index is 12.8. The first kappa shape index (κ1) is 18.8. The quantitative estimate of drug-likeness (QED) is 0.663. The Bertz CT molecular complexity index is 1120. The second kappa shape index (κ2) is 7.57. The van der Waals surface area contributed by atoms with Crippen molar-refractivity contribution < 1.29 is 14.1 Å². The topological polar surface area (TPSA) is 88.3 Å². The molecule has 1 aliphatic heterocycles. The van der Waals surface area contributed by atoms with Crippen molar-refractivity contribution in [3.05, 3.63) is 59.4 Å². The third-order valence-corrected chi connectivity index (χ3v) is 5.61. The van der Waals surface area contributed by atoms with Gasteiger partial charge in [0.15, 0.2) is 0 Å². The normalized spacial score (nSPS) is 18.6. The molecule has 2 fully saturated rings. The number of nitrogens with zero attached hydrogens (tertiary/aromatic N) is 3. The van der Waals surface area contributed by atoms with E-state index in [2.05, 4.69) is 15.5 Å². The number of hydrogen-bond acceptors (Lipinski definition) is 5. The van der Waals surface area contributed by atoms with Gasteiger partial charge in [-0.15, -0.1) is 0 Å². The number of anilines is 2. The van der Waals surface area contributed by atoms with E-state index in [0.29, 0.717) is 40.6 Å². The molecule has 3 aromatic rings. The average molecular weight is 423 g/mol. The van der Waals surface area contributed by atoms with Crippen LogP contribution in [0.3, 0.4) is 0 Å². The molecule has 2 aromatic carbocycles. The summed E-state index contributed by atoms with van der Waals surface area (Å²) in [6.07, 6.45) is 2.34. The standard InChI is InChI=1S/C22H19ClN4O3/c23-16-4-2-6-18(11-16)27-12-15(10-19(27)28)21(29)24-17-5-1-3-14(9-17)20-25-22(30-26-20)13-7-8-13/h1-6,9,11,13,15H,7-8,10,12H2,(H,24,29)/t15-/m0/s1. The Morgan fingerprint density at radius 3 is 2.80 bits per heavy atom. The van der Waals surface area contributed by atoms with Gasteiger partial charge in [0.1, 0.15) is 0 Å². The van der Waals surface area contributed by atoms with Gasteiger partial charge in [-0.1, -0.05) is 35.0 Å². The molecule has 0 spiro atoms. The number of carbonyl (C=O) groups excluding carboxylic acids is 2. The predicted octanol–water partition coefficient (Wildman–Crippen LogP) is 4.26. The van der Waals surface area contributed by atoms with Crippen LogP contribution < -0.4 is 10.2 Å². The van der Waals surface area contributed by atoms with Crippen molar-refractivity contribution in [2.24, 2.45) is 5.92 Å². The summed E-state index contributed by atoms with van der Waals surface area (Å²) >= 11 is 6.03. The zero-order valence-electron chi connectivity index (χ0n) is 16.0. The van der Waals surface area contributed by atoms with Crippen LogP contribution in [0.2, 0.25) is 5.02 Å². The molecule has 7 nitrogen and oxygen atoms in total. The molecule has 1 saturated heterocycles. The fourth-order valence-corrected chi connectivity index (χ4v) is 3.79. The van der Waals surface area contributed by atoms with E-state index in [9.17, 15) is 9.59 Å². The zero-order chi connectivity index (χ0) is 20.7. The van der Waals surface area contributed by atoms with E-state index in [-0.39, 0.29) is 18.2 Å². The highest BCUT2D eigenvalue weighted by Crippen LogP contribution is 2.39. The van der Waals surface area contributed by atoms with Crippen LogP contribution >= 0.6 is 11.6 Å². The van der Waals surface area contributed by atoms with Gasteiger partial charge in [0.2, 0.25) is 23.5 Å². The van der Waals surface area contributed by atoms with Crippen molar-refractivity contribution in [2.75, 3.05) is 16.8 Å². The minimum Gasteiger partial charge on any atom is -0.339 e. The van der Waals surface area contributed by atoms with Crippen molar-refractivity contribution in [1.82, 2.24) is 10.1 Å². The highest BCUT2D eigenvalue weighted by Gasteiger charge is 2.35. The van der Waals surface area contributed by atoms with E-state index in [0.717, 1.165) is 18.4 Å². The van der Waals surface area contributed by atoms with Crippen molar-refractivity contribution in [3.8, 4) is 11.4 Å². The summed E-state index contributed by atoms with van der Waals surface area (Å²) in [4.78, 5) is 31.3. The van der Waals surface area contributed by atoms with Crippen molar-refractivity contribution >= 4 is 34.8 Å². The number of benzene rings is 2. The number of halogens is 1. The molecule has 1 N–H and O–H groups in total. The number of amides is 2. The van der Waals surface area contributed by atoms with Crippen LogP contribution in [-0.2, 0) is 9.59 Å². The van der Waals surface area contributed by atoms with Gasteiger partial charge in [-0.3, -0.25) is 9.59 Å². The molecule has 1 aliphatic carbocycles. The van der Waals surface area contributed by atoms with Gasteiger partial charge in [0.25, 0.3) is 0 Å². The minimum atomic E-state index is -0.438. The third kappa shape index (κ3) is 3.80. The maximum atomic E-state index is 12.8. The lowest BCUT2D eigenvalue weighted by Gasteiger charge is -2.17. The highest BCUT2D eigenvalue weighted by atomic mass is 35.5. The molecule has 2 aliphatic rings. The molecule has 2 heterocycles. The summed E-state index contributed by atoms with van der Waals surface area (Å²) in [6, 6.07) is 14.4. The summed E-state index contributed by atoms with van der Waals surface area (Å²) in [5.41, 5.74) is 2.10. The molecule has 0 bridgehead atoms. The fourth-order valence-electron chi connectivity index (χ4n) is 3.61. The molecule has 8 heteroatoms. The van der Waals surface area contributed by atoms with Crippen LogP contribution in [0, 0.1) is 5.92 Å². The zero-order valence-corrected chi connectivity index (χ0v) is 16.8. The van der Waals surface area contributed by atoms with Crippen molar-refractivity contribution in [3.63, 3.8) is 0 Å². The van der Waals surface area contributed by atoms with Gasteiger partial charge >= 0.3 is 0 Å². The first-order valence-electron chi connectivity index (χ1n) is 9.87. The fraction of sp³-hybridized carbons (Fsp3) is 0.273. The highest BCUT2D eigenvalue weighted by molar-refractivity contribution is 6.31. The maximum Gasteiger partial charge on any atom is 0.230 e. The number of rotatable bonds is 5. The van der Waals surface area contributed by atoms with Gasteiger partial charge in [0, 0.05) is 40.8 Å². The largest absolute Gasteiger partial charge is 0.339 e. The smallest absolute Gasteiger partial charge is 0.230 e. The first-order chi connectivity index (χ1) is 14.6. The van der Waals surface area contributed by atoms with Crippen molar-refractivity contribution in [2.45, 2.75) is 25.2 Å². The summed E-state index contributed by atoms with van der Waals surface area (Å²) in [5, 5.41) is 7.51. The van der Waals surface area contributed by atoms with Gasteiger partial charge in [0.05, 0.1) is 5.92 Å². The molecule has 1 atom stereocenters.